The number of amides is 2. The number of ether oxygens (including phenoxy) is 1. The highest BCUT2D eigenvalue weighted by atomic mass is 35.5. The van der Waals surface area contributed by atoms with Gasteiger partial charge in [0.15, 0.2) is 11.9 Å². The van der Waals surface area contributed by atoms with Crippen LogP contribution in [0.3, 0.4) is 0 Å². The Bertz CT molecular complexity index is 1960. The first kappa shape index (κ1) is 30.0. The van der Waals surface area contributed by atoms with Gasteiger partial charge in [0, 0.05) is 53.0 Å². The van der Waals surface area contributed by atoms with Crippen LogP contribution in [0.4, 0.5) is 4.79 Å². The average molecular weight is 646 g/mol. The summed E-state index contributed by atoms with van der Waals surface area (Å²) >= 11 is 13.9. The van der Waals surface area contributed by atoms with Crippen LogP contribution in [-0.2, 0) is 11.3 Å². The number of rotatable bonds is 9. The van der Waals surface area contributed by atoms with Gasteiger partial charge >= 0.3 is 6.09 Å². The lowest BCUT2D eigenvalue weighted by Gasteiger charge is -2.23. The maximum absolute atomic E-state index is 12.0. The number of carboxylic acid groups (broad SMARTS) is 1. The van der Waals surface area contributed by atoms with Crippen LogP contribution < -0.4 is 10.1 Å². The summed E-state index contributed by atoms with van der Waals surface area (Å²) in [4.78, 5) is 45.5. The van der Waals surface area contributed by atoms with Crippen LogP contribution in [0.1, 0.15) is 28.8 Å². The summed E-state index contributed by atoms with van der Waals surface area (Å²) in [5.41, 5.74) is 5.06. The number of carbonyl (C=O) groups excluding carboxylic acids is 2. The van der Waals surface area contributed by atoms with E-state index in [-0.39, 0.29) is 30.9 Å². The lowest BCUT2D eigenvalue weighted by Crippen LogP contribution is -2.41. The van der Waals surface area contributed by atoms with E-state index in [0.29, 0.717) is 79.6 Å². The molecule has 13 heteroatoms. The van der Waals surface area contributed by atoms with E-state index in [0.717, 1.165) is 0 Å². The Balaban J connectivity index is 1.32. The van der Waals surface area contributed by atoms with Crippen LogP contribution in [0.5, 0.6) is 5.88 Å². The lowest BCUT2D eigenvalue weighted by molar-refractivity contribution is -0.119. The van der Waals surface area contributed by atoms with E-state index >= 15 is 0 Å². The van der Waals surface area contributed by atoms with Crippen LogP contribution in [0.15, 0.2) is 67.0 Å². The molecule has 45 heavy (non-hydrogen) atoms. The highest BCUT2D eigenvalue weighted by Gasteiger charge is 2.26. The molecule has 3 aromatic heterocycles. The van der Waals surface area contributed by atoms with E-state index in [1.54, 1.807) is 24.4 Å². The van der Waals surface area contributed by atoms with Gasteiger partial charge < -0.3 is 20.1 Å². The largest absolute Gasteiger partial charge is 0.481 e. The van der Waals surface area contributed by atoms with Crippen molar-refractivity contribution < 1.29 is 24.2 Å². The van der Waals surface area contributed by atoms with Crippen LogP contribution >= 0.6 is 23.2 Å². The van der Waals surface area contributed by atoms with Gasteiger partial charge in [-0.3, -0.25) is 9.59 Å². The summed E-state index contributed by atoms with van der Waals surface area (Å²) in [7, 11) is 1.47. The fourth-order valence-corrected chi connectivity index (χ4v) is 6.06. The summed E-state index contributed by atoms with van der Waals surface area (Å²) in [5.74, 6) is 0.175. The quantitative estimate of drug-likeness (QED) is 0.186. The van der Waals surface area contributed by atoms with Gasteiger partial charge in [-0.2, -0.15) is 5.10 Å². The number of aldehydes is 1. The molecule has 2 aromatic carbocycles. The zero-order valence-corrected chi connectivity index (χ0v) is 25.4. The predicted octanol–water partition coefficient (Wildman–Crippen LogP) is 6.01. The van der Waals surface area contributed by atoms with Crippen LogP contribution in [0.2, 0.25) is 10.0 Å². The fraction of sp³-hybridized carbons (Fsp3) is 0.188. The number of nitrogens with one attached hydrogen (secondary N) is 1. The van der Waals surface area contributed by atoms with Crippen molar-refractivity contribution in [3.8, 4) is 39.5 Å². The Morgan fingerprint density at radius 2 is 1.71 bits per heavy atom. The minimum absolute atomic E-state index is 0.0296. The molecule has 1 saturated heterocycles. The minimum Gasteiger partial charge on any atom is -0.481 e. The Hall–Kier alpha value is -5.00. The maximum atomic E-state index is 12.0. The monoisotopic (exact) mass is 644 g/mol. The third kappa shape index (κ3) is 5.92. The number of hydrogen-bond donors (Lipinski definition) is 2. The molecule has 0 saturated carbocycles. The van der Waals surface area contributed by atoms with Crippen molar-refractivity contribution in [3.63, 3.8) is 0 Å². The normalized spacial score (nSPS) is 14.4. The zero-order chi connectivity index (χ0) is 31.7. The van der Waals surface area contributed by atoms with Crippen LogP contribution in [0.25, 0.3) is 39.3 Å². The Morgan fingerprint density at radius 3 is 2.31 bits per heavy atom. The number of nitrogens with zero attached hydrogens (tertiary/aromatic N) is 5. The van der Waals surface area contributed by atoms with Gasteiger partial charge in [-0.15, -0.1) is 0 Å². The molecule has 2 amide bonds. The van der Waals surface area contributed by atoms with Crippen molar-refractivity contribution in [2.45, 2.75) is 25.4 Å². The molecule has 0 radical (unpaired) electrons. The molecule has 0 bridgehead atoms. The molecule has 2 N–H and O–H groups in total. The van der Waals surface area contributed by atoms with Gasteiger partial charge in [0.25, 0.3) is 0 Å². The molecule has 5 aromatic rings. The number of aromatic nitrogens is 4. The molecule has 0 spiro atoms. The summed E-state index contributed by atoms with van der Waals surface area (Å²) in [6, 6.07) is 16.1. The molecule has 11 nitrogen and oxygen atoms in total. The Morgan fingerprint density at radius 1 is 1.04 bits per heavy atom. The highest BCUT2D eigenvalue weighted by Crippen LogP contribution is 2.42. The first-order valence-corrected chi connectivity index (χ1v) is 14.7. The summed E-state index contributed by atoms with van der Waals surface area (Å²) in [6.07, 6.45) is 3.73. The van der Waals surface area contributed by atoms with Crippen molar-refractivity contribution in [2.24, 2.45) is 0 Å². The van der Waals surface area contributed by atoms with Gasteiger partial charge in [0.1, 0.15) is 0 Å². The summed E-state index contributed by atoms with van der Waals surface area (Å²) in [6.45, 7) is 0.186. The minimum atomic E-state index is -1.11. The molecular weight excluding hydrogens is 619 g/mol. The first-order chi connectivity index (χ1) is 21.8. The van der Waals surface area contributed by atoms with Crippen LogP contribution in [0, 0.1) is 0 Å². The van der Waals surface area contributed by atoms with Gasteiger partial charge in [-0.25, -0.2) is 19.3 Å². The number of hydrogen-bond acceptors (Lipinski definition) is 7. The molecule has 1 unspecified atom stereocenters. The van der Waals surface area contributed by atoms with E-state index < -0.39 is 6.09 Å². The van der Waals surface area contributed by atoms with E-state index in [4.69, 9.17) is 27.9 Å². The van der Waals surface area contributed by atoms with Crippen molar-refractivity contribution in [1.82, 2.24) is 29.8 Å². The third-order valence-corrected chi connectivity index (χ3v) is 8.47. The number of benzene rings is 2. The number of pyridine rings is 1. The second kappa shape index (κ2) is 12.5. The lowest BCUT2D eigenvalue weighted by atomic mass is 9.98. The topological polar surface area (TPSA) is 139 Å². The predicted molar refractivity (Wildman–Crippen MR) is 169 cm³/mol. The maximum Gasteiger partial charge on any atom is 0.407 e. The summed E-state index contributed by atoms with van der Waals surface area (Å²) in [5, 5.41) is 17.6. The zero-order valence-electron chi connectivity index (χ0n) is 23.9. The second-order valence-electron chi connectivity index (χ2n) is 10.5. The van der Waals surface area contributed by atoms with E-state index in [9.17, 15) is 19.5 Å². The number of fused-ring (bicyclic) bond motifs is 1. The number of methoxy groups -OCH3 is 1. The Labute approximate surface area is 267 Å². The molecule has 1 fully saturated rings. The molecule has 6 rings (SSSR count). The van der Waals surface area contributed by atoms with Gasteiger partial charge in [0.05, 0.1) is 46.8 Å². The summed E-state index contributed by atoms with van der Waals surface area (Å²) < 4.78 is 7.08. The smallest absolute Gasteiger partial charge is 0.407 e. The van der Waals surface area contributed by atoms with Gasteiger partial charge in [0.2, 0.25) is 11.8 Å². The van der Waals surface area contributed by atoms with Crippen LogP contribution in [-0.4, -0.2) is 67.6 Å². The highest BCUT2D eigenvalue weighted by molar-refractivity contribution is 6.39. The number of carbonyl (C=O) groups is 3. The molecule has 1 aliphatic heterocycles. The standard InChI is InChI=1S/C32H26Cl2N6O5/c1-45-31-18(15-39(32(43)44)16-20-9-11-27(42)36-20)8-10-25(38-31)23-6-2-4-21(28(23)33)22-5-3-7-24(29(22)34)26-12-13-40-30(37-26)19(17-41)14-35-40/h2-8,10,12-14,17,20H,9,11,15-16H2,1H3,(H,36,42)(H,43,44). The van der Waals surface area contributed by atoms with Gasteiger partial charge in [-0.1, -0.05) is 59.6 Å². The fourth-order valence-electron chi connectivity index (χ4n) is 5.41. The molecule has 1 atom stereocenters. The molecule has 228 valence electrons. The number of halogens is 2. The second-order valence-corrected chi connectivity index (χ2v) is 11.2. The molecule has 4 heterocycles. The van der Waals surface area contributed by atoms with Crippen molar-refractivity contribution in [1.29, 1.82) is 0 Å². The SMILES string of the molecule is COc1nc(-c2cccc(-c3cccc(-c4ccn5ncc(C=O)c5n4)c3Cl)c2Cl)ccc1CN(CC1CCC(=O)N1)C(=O)O. The third-order valence-electron chi connectivity index (χ3n) is 7.65. The van der Waals surface area contributed by atoms with E-state index in [1.165, 1.54) is 22.7 Å². The van der Waals surface area contributed by atoms with Gasteiger partial charge in [-0.05, 0) is 24.6 Å². The van der Waals surface area contributed by atoms with E-state index in [1.807, 2.05) is 36.4 Å². The molecule has 0 aliphatic carbocycles. The van der Waals surface area contributed by atoms with Crippen molar-refractivity contribution in [2.75, 3.05) is 13.7 Å². The van der Waals surface area contributed by atoms with Crippen molar-refractivity contribution in [3.05, 3.63) is 88.2 Å². The first-order valence-electron chi connectivity index (χ1n) is 14.0. The average Bonchev–Trinajstić information content (AvgIpc) is 3.66. The molecule has 1 aliphatic rings. The Kier molecular flexibility index (Phi) is 8.38. The molecular formula is C32H26Cl2N6O5. The van der Waals surface area contributed by atoms with E-state index in [2.05, 4.69) is 20.4 Å². The van der Waals surface area contributed by atoms with Crippen molar-refractivity contribution >= 4 is 47.1 Å².